The molecule has 1 aromatic heterocycles. The maximum absolute atomic E-state index is 11.1. The van der Waals surface area contributed by atoms with Gasteiger partial charge in [0.1, 0.15) is 11.4 Å². The number of hydrogen-bond acceptors (Lipinski definition) is 3. The Balaban J connectivity index is 2.07. The van der Waals surface area contributed by atoms with E-state index in [4.69, 9.17) is 5.11 Å². The van der Waals surface area contributed by atoms with Gasteiger partial charge >= 0.3 is 5.97 Å². The van der Waals surface area contributed by atoms with Gasteiger partial charge < -0.3 is 10.4 Å². The summed E-state index contributed by atoms with van der Waals surface area (Å²) in [5, 5.41) is 12.1. The highest BCUT2D eigenvalue weighted by molar-refractivity contribution is 5.92. The van der Waals surface area contributed by atoms with Crippen LogP contribution in [-0.4, -0.2) is 16.1 Å². The molecule has 0 radical (unpaired) electrons. The highest BCUT2D eigenvalue weighted by Crippen LogP contribution is 2.16. The first-order chi connectivity index (χ1) is 9.58. The van der Waals surface area contributed by atoms with Crippen molar-refractivity contribution in [3.05, 3.63) is 59.3 Å². The SMILES string of the molecule is CC(C)c1ccc(CNc2ncccc2C(=O)O)cc1. The van der Waals surface area contributed by atoms with Gasteiger partial charge in [-0.1, -0.05) is 38.1 Å². The Kier molecular flexibility index (Phi) is 4.35. The van der Waals surface area contributed by atoms with Crippen LogP contribution in [0.15, 0.2) is 42.6 Å². The second-order valence-electron chi connectivity index (χ2n) is 4.95. The number of nitrogens with one attached hydrogen (secondary N) is 1. The van der Waals surface area contributed by atoms with Gasteiger partial charge in [-0.25, -0.2) is 9.78 Å². The van der Waals surface area contributed by atoms with Crippen molar-refractivity contribution < 1.29 is 9.90 Å². The average Bonchev–Trinajstić information content (AvgIpc) is 2.45. The molecule has 0 fully saturated rings. The Bertz CT molecular complexity index is 592. The summed E-state index contributed by atoms with van der Waals surface area (Å²) < 4.78 is 0. The van der Waals surface area contributed by atoms with Crippen LogP contribution in [-0.2, 0) is 6.54 Å². The van der Waals surface area contributed by atoms with Crippen LogP contribution in [0, 0.1) is 0 Å². The molecule has 0 aliphatic rings. The molecule has 2 rings (SSSR count). The molecule has 0 bridgehead atoms. The molecule has 0 atom stereocenters. The lowest BCUT2D eigenvalue weighted by molar-refractivity contribution is 0.0697. The van der Waals surface area contributed by atoms with E-state index in [1.165, 1.54) is 5.56 Å². The third-order valence-corrected chi connectivity index (χ3v) is 3.14. The van der Waals surface area contributed by atoms with Gasteiger partial charge in [0.2, 0.25) is 0 Å². The zero-order chi connectivity index (χ0) is 14.5. The van der Waals surface area contributed by atoms with E-state index in [2.05, 4.69) is 36.3 Å². The van der Waals surface area contributed by atoms with Crippen LogP contribution in [0.4, 0.5) is 5.82 Å². The Hall–Kier alpha value is -2.36. The number of anilines is 1. The number of carboxylic acids is 1. The van der Waals surface area contributed by atoms with Crippen LogP contribution in [0.25, 0.3) is 0 Å². The van der Waals surface area contributed by atoms with E-state index < -0.39 is 5.97 Å². The molecule has 4 heteroatoms. The van der Waals surface area contributed by atoms with Crippen LogP contribution in [0.2, 0.25) is 0 Å². The molecule has 20 heavy (non-hydrogen) atoms. The second-order valence-corrected chi connectivity index (χ2v) is 4.95. The minimum absolute atomic E-state index is 0.186. The molecule has 1 aromatic carbocycles. The van der Waals surface area contributed by atoms with Gasteiger partial charge in [0.25, 0.3) is 0 Å². The van der Waals surface area contributed by atoms with Gasteiger partial charge in [-0.05, 0) is 29.2 Å². The van der Waals surface area contributed by atoms with Crippen LogP contribution >= 0.6 is 0 Å². The number of pyridine rings is 1. The lowest BCUT2D eigenvalue weighted by Gasteiger charge is -2.10. The Morgan fingerprint density at radius 3 is 2.55 bits per heavy atom. The molecule has 2 N–H and O–H groups in total. The fourth-order valence-electron chi connectivity index (χ4n) is 1.92. The first kappa shape index (κ1) is 14.1. The molecular formula is C16H18N2O2. The predicted molar refractivity (Wildman–Crippen MR) is 79.1 cm³/mol. The van der Waals surface area contributed by atoms with Gasteiger partial charge in [-0.15, -0.1) is 0 Å². The summed E-state index contributed by atoms with van der Waals surface area (Å²) in [6.07, 6.45) is 1.58. The third-order valence-electron chi connectivity index (χ3n) is 3.14. The summed E-state index contributed by atoms with van der Waals surface area (Å²) in [4.78, 5) is 15.1. The third kappa shape index (κ3) is 3.35. The summed E-state index contributed by atoms with van der Waals surface area (Å²) in [6, 6.07) is 11.4. The molecule has 4 nitrogen and oxygen atoms in total. The Morgan fingerprint density at radius 2 is 1.95 bits per heavy atom. The number of aromatic carboxylic acids is 1. The molecular weight excluding hydrogens is 252 g/mol. The molecule has 0 unspecified atom stereocenters. The zero-order valence-electron chi connectivity index (χ0n) is 11.6. The number of aromatic nitrogens is 1. The number of nitrogens with zero attached hydrogens (tertiary/aromatic N) is 1. The normalized spacial score (nSPS) is 10.6. The summed E-state index contributed by atoms with van der Waals surface area (Å²) >= 11 is 0. The van der Waals surface area contributed by atoms with Crippen LogP contribution in [0.5, 0.6) is 0 Å². The van der Waals surface area contributed by atoms with E-state index in [0.717, 1.165) is 5.56 Å². The van der Waals surface area contributed by atoms with E-state index in [1.807, 2.05) is 12.1 Å². The summed E-state index contributed by atoms with van der Waals surface area (Å²) in [7, 11) is 0. The van der Waals surface area contributed by atoms with Gasteiger partial charge in [-0.3, -0.25) is 0 Å². The number of rotatable bonds is 5. The fourth-order valence-corrected chi connectivity index (χ4v) is 1.92. The minimum Gasteiger partial charge on any atom is -0.478 e. The van der Waals surface area contributed by atoms with Gasteiger partial charge in [0.05, 0.1) is 0 Å². The zero-order valence-corrected chi connectivity index (χ0v) is 11.6. The molecule has 0 aliphatic heterocycles. The van der Waals surface area contributed by atoms with Crippen molar-refractivity contribution >= 4 is 11.8 Å². The Morgan fingerprint density at radius 1 is 1.25 bits per heavy atom. The first-order valence-electron chi connectivity index (χ1n) is 6.59. The monoisotopic (exact) mass is 270 g/mol. The molecule has 0 amide bonds. The smallest absolute Gasteiger partial charge is 0.339 e. The molecule has 0 aliphatic carbocycles. The lowest BCUT2D eigenvalue weighted by Crippen LogP contribution is -2.08. The molecule has 0 saturated heterocycles. The Labute approximate surface area is 118 Å². The maximum Gasteiger partial charge on any atom is 0.339 e. The van der Waals surface area contributed by atoms with Crippen LogP contribution in [0.3, 0.4) is 0 Å². The van der Waals surface area contributed by atoms with E-state index >= 15 is 0 Å². The van der Waals surface area contributed by atoms with Crippen molar-refractivity contribution in [2.45, 2.75) is 26.3 Å². The topological polar surface area (TPSA) is 62.2 Å². The quantitative estimate of drug-likeness (QED) is 0.872. The predicted octanol–water partition coefficient (Wildman–Crippen LogP) is 3.52. The molecule has 1 heterocycles. The summed E-state index contributed by atoms with van der Waals surface area (Å²) in [5.74, 6) is -0.0740. The van der Waals surface area contributed by atoms with Crippen molar-refractivity contribution in [2.75, 3.05) is 5.32 Å². The second kappa shape index (κ2) is 6.19. The number of benzene rings is 1. The average molecular weight is 270 g/mol. The first-order valence-corrected chi connectivity index (χ1v) is 6.59. The minimum atomic E-state index is -0.976. The summed E-state index contributed by atoms with van der Waals surface area (Å²) in [5.41, 5.74) is 2.57. The van der Waals surface area contributed by atoms with Gasteiger partial charge in [0, 0.05) is 12.7 Å². The van der Waals surface area contributed by atoms with Crippen LogP contribution in [0.1, 0.15) is 41.3 Å². The van der Waals surface area contributed by atoms with E-state index in [-0.39, 0.29) is 5.56 Å². The van der Waals surface area contributed by atoms with E-state index in [9.17, 15) is 4.79 Å². The van der Waals surface area contributed by atoms with E-state index in [1.54, 1.807) is 18.3 Å². The van der Waals surface area contributed by atoms with Crippen LogP contribution < -0.4 is 5.32 Å². The van der Waals surface area contributed by atoms with E-state index in [0.29, 0.717) is 18.3 Å². The van der Waals surface area contributed by atoms with Crippen molar-refractivity contribution in [3.8, 4) is 0 Å². The largest absolute Gasteiger partial charge is 0.478 e. The molecule has 2 aromatic rings. The maximum atomic E-state index is 11.1. The highest BCUT2D eigenvalue weighted by atomic mass is 16.4. The highest BCUT2D eigenvalue weighted by Gasteiger charge is 2.09. The van der Waals surface area contributed by atoms with Gasteiger partial charge in [0.15, 0.2) is 0 Å². The lowest BCUT2D eigenvalue weighted by atomic mass is 10.0. The number of hydrogen-bond donors (Lipinski definition) is 2. The molecule has 104 valence electrons. The van der Waals surface area contributed by atoms with Crippen molar-refractivity contribution in [3.63, 3.8) is 0 Å². The van der Waals surface area contributed by atoms with Crippen molar-refractivity contribution in [1.29, 1.82) is 0 Å². The summed E-state index contributed by atoms with van der Waals surface area (Å²) in [6.45, 7) is 4.86. The molecule has 0 spiro atoms. The van der Waals surface area contributed by atoms with Crippen molar-refractivity contribution in [1.82, 2.24) is 4.98 Å². The number of carbonyl (C=O) groups is 1. The van der Waals surface area contributed by atoms with Gasteiger partial charge in [-0.2, -0.15) is 0 Å². The van der Waals surface area contributed by atoms with Crippen molar-refractivity contribution in [2.24, 2.45) is 0 Å². The fraction of sp³-hybridized carbons (Fsp3) is 0.250. The molecule has 0 saturated carbocycles. The number of carboxylic acid groups (broad SMARTS) is 1. The standard InChI is InChI=1S/C16H18N2O2/c1-11(2)13-7-5-12(6-8-13)10-18-15-14(16(19)20)4-3-9-17-15/h3-9,11H,10H2,1-2H3,(H,17,18)(H,19,20).